The van der Waals surface area contributed by atoms with Gasteiger partial charge in [0.15, 0.2) is 0 Å². The van der Waals surface area contributed by atoms with Crippen molar-refractivity contribution in [3.05, 3.63) is 35.9 Å². The predicted molar refractivity (Wildman–Crippen MR) is 130 cm³/mol. The van der Waals surface area contributed by atoms with Crippen molar-refractivity contribution in [2.45, 2.75) is 123 Å². The molecule has 0 fully saturated rings. The average Bonchev–Trinajstić information content (AvgIpc) is 2.76. The third kappa shape index (κ3) is 16.5. The van der Waals surface area contributed by atoms with E-state index in [2.05, 4.69) is 44.2 Å². The minimum Gasteiger partial charge on any atom is -0.466 e. The quantitative estimate of drug-likeness (QED) is 0.157. The van der Waals surface area contributed by atoms with Crippen molar-refractivity contribution in [3.63, 3.8) is 0 Å². The van der Waals surface area contributed by atoms with Crippen LogP contribution in [0.25, 0.3) is 0 Å². The number of esters is 1. The Morgan fingerprint density at radius 1 is 0.767 bits per heavy atom. The molecule has 0 spiro atoms. The number of rotatable bonds is 20. The van der Waals surface area contributed by atoms with Crippen LogP contribution in [0.15, 0.2) is 30.3 Å². The van der Waals surface area contributed by atoms with E-state index in [0.29, 0.717) is 18.9 Å². The lowest BCUT2D eigenvalue weighted by atomic mass is 9.99. The number of aryl methyl sites for hydroxylation is 1. The summed E-state index contributed by atoms with van der Waals surface area (Å²) in [5, 5.41) is 0. The van der Waals surface area contributed by atoms with Crippen LogP contribution in [0.4, 0.5) is 0 Å². The minimum absolute atomic E-state index is 0.00617. The monoisotopic (exact) mass is 416 g/mol. The molecule has 0 aliphatic rings. The highest BCUT2D eigenvalue weighted by Gasteiger charge is 2.06. The largest absolute Gasteiger partial charge is 0.466 e. The summed E-state index contributed by atoms with van der Waals surface area (Å²) in [5.74, 6) is 0.586. The van der Waals surface area contributed by atoms with Crippen molar-refractivity contribution < 1.29 is 9.53 Å². The molecule has 0 amide bonds. The zero-order valence-corrected chi connectivity index (χ0v) is 20.0. The maximum absolute atomic E-state index is 11.9. The second kappa shape index (κ2) is 19.6. The van der Waals surface area contributed by atoms with Crippen molar-refractivity contribution in [2.75, 3.05) is 6.61 Å². The van der Waals surface area contributed by atoms with Crippen molar-refractivity contribution in [2.24, 2.45) is 5.92 Å². The fourth-order valence-corrected chi connectivity index (χ4v) is 3.94. The van der Waals surface area contributed by atoms with Crippen LogP contribution in [0.5, 0.6) is 0 Å². The van der Waals surface area contributed by atoms with Crippen LogP contribution < -0.4 is 0 Å². The van der Waals surface area contributed by atoms with E-state index in [1.165, 1.54) is 82.6 Å². The Morgan fingerprint density at radius 3 is 1.87 bits per heavy atom. The molecule has 0 radical (unpaired) electrons. The topological polar surface area (TPSA) is 26.3 Å². The third-order valence-corrected chi connectivity index (χ3v) is 6.13. The maximum atomic E-state index is 11.9. The number of carbonyl (C=O) groups is 1. The van der Waals surface area contributed by atoms with Crippen LogP contribution in [0, 0.1) is 5.92 Å². The zero-order valence-electron chi connectivity index (χ0n) is 20.0. The highest BCUT2D eigenvalue weighted by atomic mass is 16.5. The molecule has 0 saturated carbocycles. The SMILES string of the molecule is CCCCCCCCCCCCCCCC(=O)OCCC(C)CCc1ccccc1. The fourth-order valence-electron chi connectivity index (χ4n) is 3.94. The molecule has 1 aromatic carbocycles. The lowest BCUT2D eigenvalue weighted by Gasteiger charge is -2.11. The second-order valence-corrected chi connectivity index (χ2v) is 9.13. The van der Waals surface area contributed by atoms with Gasteiger partial charge in [-0.1, -0.05) is 121 Å². The van der Waals surface area contributed by atoms with Gasteiger partial charge in [-0.25, -0.2) is 0 Å². The number of unbranched alkanes of at least 4 members (excludes halogenated alkanes) is 12. The van der Waals surface area contributed by atoms with E-state index in [0.717, 1.165) is 25.7 Å². The molecular weight excluding hydrogens is 368 g/mol. The first-order valence-electron chi connectivity index (χ1n) is 12.9. The summed E-state index contributed by atoms with van der Waals surface area (Å²) in [5.41, 5.74) is 1.39. The van der Waals surface area contributed by atoms with Gasteiger partial charge in [0.05, 0.1) is 6.61 Å². The Labute approximate surface area is 187 Å². The number of hydrogen-bond donors (Lipinski definition) is 0. The summed E-state index contributed by atoms with van der Waals surface area (Å²) in [6.07, 6.45) is 21.2. The number of hydrogen-bond acceptors (Lipinski definition) is 2. The molecule has 2 heteroatoms. The van der Waals surface area contributed by atoms with Gasteiger partial charge in [-0.05, 0) is 37.2 Å². The average molecular weight is 417 g/mol. The van der Waals surface area contributed by atoms with Crippen LogP contribution in [-0.4, -0.2) is 12.6 Å². The smallest absolute Gasteiger partial charge is 0.305 e. The third-order valence-electron chi connectivity index (χ3n) is 6.13. The summed E-state index contributed by atoms with van der Waals surface area (Å²) in [6, 6.07) is 10.6. The normalized spacial score (nSPS) is 12.1. The molecule has 0 saturated heterocycles. The van der Waals surface area contributed by atoms with Gasteiger partial charge in [-0.3, -0.25) is 4.79 Å². The first-order valence-corrected chi connectivity index (χ1v) is 12.9. The van der Waals surface area contributed by atoms with E-state index in [1.54, 1.807) is 0 Å². The Hall–Kier alpha value is -1.31. The van der Waals surface area contributed by atoms with Crippen molar-refractivity contribution in [1.82, 2.24) is 0 Å². The molecule has 1 aromatic rings. The van der Waals surface area contributed by atoms with Gasteiger partial charge in [-0.15, -0.1) is 0 Å². The van der Waals surface area contributed by atoms with Crippen LogP contribution in [0.3, 0.4) is 0 Å². The van der Waals surface area contributed by atoms with E-state index in [9.17, 15) is 4.79 Å². The molecule has 1 rings (SSSR count). The van der Waals surface area contributed by atoms with Crippen molar-refractivity contribution in [3.8, 4) is 0 Å². The van der Waals surface area contributed by atoms with E-state index in [4.69, 9.17) is 4.74 Å². The number of ether oxygens (including phenoxy) is 1. The standard InChI is InChI=1S/C28H48O2/c1-3-4-5-6-7-8-9-10-11-12-13-14-18-21-28(29)30-25-24-26(2)22-23-27-19-16-15-17-20-27/h15-17,19-20,26H,3-14,18,21-25H2,1-2H3. The predicted octanol–water partition coefficient (Wildman–Crippen LogP) is 8.67. The molecule has 172 valence electrons. The summed E-state index contributed by atoms with van der Waals surface area (Å²) in [6.45, 7) is 5.11. The van der Waals surface area contributed by atoms with Gasteiger partial charge in [0.2, 0.25) is 0 Å². The first kappa shape index (κ1) is 26.7. The van der Waals surface area contributed by atoms with Gasteiger partial charge < -0.3 is 4.74 Å². The Bertz CT molecular complexity index is 497. The van der Waals surface area contributed by atoms with Gasteiger partial charge in [0, 0.05) is 6.42 Å². The molecule has 1 unspecified atom stereocenters. The van der Waals surface area contributed by atoms with E-state index in [-0.39, 0.29) is 5.97 Å². The number of carbonyl (C=O) groups excluding carboxylic acids is 1. The van der Waals surface area contributed by atoms with Gasteiger partial charge >= 0.3 is 5.97 Å². The molecular formula is C28H48O2. The lowest BCUT2D eigenvalue weighted by Crippen LogP contribution is -2.09. The Kier molecular flexibility index (Phi) is 17.5. The summed E-state index contributed by atoms with van der Waals surface area (Å²) < 4.78 is 5.43. The van der Waals surface area contributed by atoms with E-state index >= 15 is 0 Å². The van der Waals surface area contributed by atoms with Gasteiger partial charge in [0.25, 0.3) is 0 Å². The second-order valence-electron chi connectivity index (χ2n) is 9.13. The summed E-state index contributed by atoms with van der Waals surface area (Å²) in [4.78, 5) is 11.9. The highest BCUT2D eigenvalue weighted by molar-refractivity contribution is 5.69. The lowest BCUT2D eigenvalue weighted by molar-refractivity contribution is -0.144. The Balaban J connectivity index is 1.82. The maximum Gasteiger partial charge on any atom is 0.305 e. The van der Waals surface area contributed by atoms with Crippen molar-refractivity contribution in [1.29, 1.82) is 0 Å². The van der Waals surface area contributed by atoms with Crippen LogP contribution >= 0.6 is 0 Å². The Morgan fingerprint density at radius 2 is 1.30 bits per heavy atom. The summed E-state index contributed by atoms with van der Waals surface area (Å²) in [7, 11) is 0. The van der Waals surface area contributed by atoms with E-state index < -0.39 is 0 Å². The molecule has 2 nitrogen and oxygen atoms in total. The van der Waals surface area contributed by atoms with Gasteiger partial charge in [0.1, 0.15) is 0 Å². The fraction of sp³-hybridized carbons (Fsp3) is 0.750. The first-order chi connectivity index (χ1) is 14.7. The summed E-state index contributed by atoms with van der Waals surface area (Å²) >= 11 is 0. The van der Waals surface area contributed by atoms with Crippen LogP contribution in [-0.2, 0) is 16.0 Å². The molecule has 0 aromatic heterocycles. The van der Waals surface area contributed by atoms with Gasteiger partial charge in [-0.2, -0.15) is 0 Å². The van der Waals surface area contributed by atoms with Crippen molar-refractivity contribution >= 4 is 5.97 Å². The molecule has 30 heavy (non-hydrogen) atoms. The molecule has 0 aliphatic carbocycles. The highest BCUT2D eigenvalue weighted by Crippen LogP contribution is 2.14. The zero-order chi connectivity index (χ0) is 21.7. The minimum atomic E-state index is -0.00617. The molecule has 0 heterocycles. The number of benzene rings is 1. The van der Waals surface area contributed by atoms with Crippen LogP contribution in [0.1, 0.15) is 122 Å². The van der Waals surface area contributed by atoms with E-state index in [1.807, 2.05) is 0 Å². The molecule has 1 atom stereocenters. The van der Waals surface area contributed by atoms with Crippen LogP contribution in [0.2, 0.25) is 0 Å². The molecule has 0 aliphatic heterocycles. The molecule has 0 N–H and O–H groups in total. The molecule has 0 bridgehead atoms.